The molecule has 3 aromatic carbocycles. The largest absolute Gasteiger partial charge is 0.507 e. The summed E-state index contributed by atoms with van der Waals surface area (Å²) in [4.78, 5) is 28.2. The second-order valence-corrected chi connectivity index (χ2v) is 9.77. The van der Waals surface area contributed by atoms with E-state index in [0.29, 0.717) is 52.5 Å². The first kappa shape index (κ1) is 26.3. The maximum Gasteiger partial charge on any atom is 0.300 e. The number of aliphatic hydroxyl groups excluding tert-OH is 1. The van der Waals surface area contributed by atoms with Gasteiger partial charge in [-0.1, -0.05) is 55.3 Å². The molecule has 1 amide bonds. The number of ketones is 1. The van der Waals surface area contributed by atoms with Crippen molar-refractivity contribution in [3.05, 3.63) is 94.0 Å². The van der Waals surface area contributed by atoms with Gasteiger partial charge in [-0.2, -0.15) is 0 Å². The Bertz CT molecular complexity index is 1350. The molecule has 0 spiro atoms. The molecule has 0 radical (unpaired) electrons. The Kier molecular flexibility index (Phi) is 7.89. The average molecular weight is 520 g/mol. The molecular weight excluding hydrogens is 490 g/mol. The number of benzene rings is 3. The molecule has 1 aliphatic rings. The van der Waals surface area contributed by atoms with Crippen LogP contribution in [-0.2, 0) is 9.59 Å². The van der Waals surface area contributed by atoms with Crippen molar-refractivity contribution in [1.82, 2.24) is 0 Å². The van der Waals surface area contributed by atoms with E-state index in [-0.39, 0.29) is 11.3 Å². The number of carbonyl (C=O) groups is 2. The van der Waals surface area contributed by atoms with Crippen LogP contribution in [0.2, 0.25) is 5.02 Å². The normalized spacial score (nSPS) is 16.9. The SMILES string of the molecule is CCOc1cc(/C(O)=C2/C(=O)C(=O)N(c3ccc(OCC(C)C)cc3)C2c2cccc(C)c2)ccc1Cl. The highest BCUT2D eigenvalue weighted by molar-refractivity contribution is 6.51. The van der Waals surface area contributed by atoms with Crippen LogP contribution in [0.1, 0.15) is 43.5 Å². The fraction of sp³-hybridized carbons (Fsp3) is 0.267. The monoisotopic (exact) mass is 519 g/mol. The van der Waals surface area contributed by atoms with Crippen LogP contribution in [0.15, 0.2) is 72.3 Å². The van der Waals surface area contributed by atoms with E-state index in [9.17, 15) is 14.7 Å². The number of aliphatic hydroxyl groups is 1. The number of aryl methyl sites for hydroxylation is 1. The molecule has 1 saturated heterocycles. The first-order valence-corrected chi connectivity index (χ1v) is 12.6. The number of halogens is 1. The first-order valence-electron chi connectivity index (χ1n) is 12.2. The van der Waals surface area contributed by atoms with Crippen molar-refractivity contribution in [3.63, 3.8) is 0 Å². The third-order valence-corrected chi connectivity index (χ3v) is 6.32. The number of nitrogens with zero attached hydrogens (tertiary/aromatic N) is 1. The number of hydrogen-bond acceptors (Lipinski definition) is 5. The van der Waals surface area contributed by atoms with E-state index in [1.165, 1.54) is 4.90 Å². The predicted molar refractivity (Wildman–Crippen MR) is 145 cm³/mol. The van der Waals surface area contributed by atoms with E-state index in [2.05, 4.69) is 13.8 Å². The van der Waals surface area contributed by atoms with Crippen LogP contribution in [-0.4, -0.2) is 30.0 Å². The lowest BCUT2D eigenvalue weighted by Gasteiger charge is -2.26. The lowest BCUT2D eigenvalue weighted by atomic mass is 9.94. The van der Waals surface area contributed by atoms with Crippen LogP contribution in [0.5, 0.6) is 11.5 Å². The summed E-state index contributed by atoms with van der Waals surface area (Å²) in [6.07, 6.45) is 0. The number of Topliss-reactive ketones (excluding diaryl/α,β-unsaturated/α-hetero) is 1. The molecule has 4 rings (SSSR count). The van der Waals surface area contributed by atoms with Crippen LogP contribution in [0.25, 0.3) is 5.76 Å². The molecule has 1 unspecified atom stereocenters. The summed E-state index contributed by atoms with van der Waals surface area (Å²) in [5, 5.41) is 11.8. The first-order chi connectivity index (χ1) is 17.7. The fourth-order valence-electron chi connectivity index (χ4n) is 4.29. The highest BCUT2D eigenvalue weighted by atomic mass is 35.5. The van der Waals surface area contributed by atoms with Gasteiger partial charge in [-0.25, -0.2) is 0 Å². The van der Waals surface area contributed by atoms with Gasteiger partial charge >= 0.3 is 0 Å². The Morgan fingerprint density at radius 1 is 1.03 bits per heavy atom. The molecule has 192 valence electrons. The van der Waals surface area contributed by atoms with Crippen LogP contribution in [0, 0.1) is 12.8 Å². The molecule has 37 heavy (non-hydrogen) atoms. The van der Waals surface area contributed by atoms with Gasteiger partial charge in [-0.3, -0.25) is 14.5 Å². The highest BCUT2D eigenvalue weighted by Gasteiger charge is 2.47. The number of anilines is 1. The Balaban J connectivity index is 1.84. The molecule has 1 atom stereocenters. The van der Waals surface area contributed by atoms with Crippen molar-refractivity contribution in [3.8, 4) is 11.5 Å². The van der Waals surface area contributed by atoms with Gasteiger partial charge < -0.3 is 14.6 Å². The van der Waals surface area contributed by atoms with Crippen molar-refractivity contribution in [2.75, 3.05) is 18.1 Å². The molecule has 1 N–H and O–H groups in total. The molecule has 1 heterocycles. The van der Waals surface area contributed by atoms with E-state index in [4.69, 9.17) is 21.1 Å². The quantitative estimate of drug-likeness (QED) is 0.203. The van der Waals surface area contributed by atoms with E-state index in [1.54, 1.807) is 42.5 Å². The molecule has 1 fully saturated rings. The molecule has 0 aromatic heterocycles. The number of carbonyl (C=O) groups excluding carboxylic acids is 2. The van der Waals surface area contributed by atoms with Gasteiger partial charge in [0.2, 0.25) is 0 Å². The Morgan fingerprint density at radius 2 is 1.76 bits per heavy atom. The van der Waals surface area contributed by atoms with Crippen LogP contribution < -0.4 is 14.4 Å². The predicted octanol–water partition coefficient (Wildman–Crippen LogP) is 6.71. The molecule has 1 aliphatic heterocycles. The van der Waals surface area contributed by atoms with E-state index in [1.807, 2.05) is 38.1 Å². The summed E-state index contributed by atoms with van der Waals surface area (Å²) in [7, 11) is 0. The zero-order valence-corrected chi connectivity index (χ0v) is 22.1. The van der Waals surface area contributed by atoms with E-state index < -0.39 is 17.7 Å². The molecule has 0 saturated carbocycles. The van der Waals surface area contributed by atoms with Crippen molar-refractivity contribution in [2.24, 2.45) is 5.92 Å². The van der Waals surface area contributed by atoms with E-state index >= 15 is 0 Å². The topological polar surface area (TPSA) is 76.1 Å². The third-order valence-electron chi connectivity index (χ3n) is 6.00. The van der Waals surface area contributed by atoms with E-state index in [0.717, 1.165) is 5.56 Å². The van der Waals surface area contributed by atoms with Crippen molar-refractivity contribution in [2.45, 2.75) is 33.7 Å². The number of rotatable bonds is 8. The summed E-state index contributed by atoms with van der Waals surface area (Å²) in [6.45, 7) is 8.84. The van der Waals surface area contributed by atoms with Crippen molar-refractivity contribution >= 4 is 34.7 Å². The lowest BCUT2D eigenvalue weighted by Crippen LogP contribution is -2.29. The minimum absolute atomic E-state index is 0.000468. The van der Waals surface area contributed by atoms with Gasteiger partial charge in [0.25, 0.3) is 11.7 Å². The van der Waals surface area contributed by atoms with Crippen LogP contribution >= 0.6 is 11.6 Å². The zero-order chi connectivity index (χ0) is 26.7. The second kappa shape index (κ2) is 11.1. The maximum absolute atomic E-state index is 13.4. The molecule has 6 nitrogen and oxygen atoms in total. The highest BCUT2D eigenvalue weighted by Crippen LogP contribution is 2.43. The summed E-state index contributed by atoms with van der Waals surface area (Å²) in [6, 6.07) is 18.5. The summed E-state index contributed by atoms with van der Waals surface area (Å²) < 4.78 is 11.3. The Morgan fingerprint density at radius 3 is 2.41 bits per heavy atom. The van der Waals surface area contributed by atoms with Gasteiger partial charge in [0.05, 0.1) is 29.9 Å². The Hall–Kier alpha value is -3.77. The lowest BCUT2D eigenvalue weighted by molar-refractivity contribution is -0.132. The summed E-state index contributed by atoms with van der Waals surface area (Å²) in [5.41, 5.74) is 2.53. The van der Waals surface area contributed by atoms with Crippen molar-refractivity contribution in [1.29, 1.82) is 0 Å². The van der Waals surface area contributed by atoms with Gasteiger partial charge in [0.1, 0.15) is 17.3 Å². The van der Waals surface area contributed by atoms with Crippen molar-refractivity contribution < 1.29 is 24.2 Å². The smallest absolute Gasteiger partial charge is 0.300 e. The van der Waals surface area contributed by atoms with Gasteiger partial charge in [-0.15, -0.1) is 0 Å². The number of amides is 1. The molecule has 3 aromatic rings. The van der Waals surface area contributed by atoms with Gasteiger partial charge in [0.15, 0.2) is 0 Å². The number of ether oxygens (including phenoxy) is 2. The molecule has 0 aliphatic carbocycles. The third kappa shape index (κ3) is 5.49. The summed E-state index contributed by atoms with van der Waals surface area (Å²) in [5.74, 6) is -0.353. The minimum Gasteiger partial charge on any atom is -0.507 e. The second-order valence-electron chi connectivity index (χ2n) is 9.36. The van der Waals surface area contributed by atoms with Gasteiger partial charge in [0, 0.05) is 11.3 Å². The fourth-order valence-corrected chi connectivity index (χ4v) is 4.46. The van der Waals surface area contributed by atoms with Gasteiger partial charge in [-0.05, 0) is 67.8 Å². The van der Waals surface area contributed by atoms with Crippen LogP contribution in [0.3, 0.4) is 0 Å². The Labute approximate surface area is 222 Å². The number of hydrogen-bond donors (Lipinski definition) is 1. The van der Waals surface area contributed by atoms with Crippen LogP contribution in [0.4, 0.5) is 5.69 Å². The standard InChI is InChI=1S/C30H30ClNO5/c1-5-36-25-16-21(9-14-24(25)31)28(33)26-27(20-8-6-7-19(4)15-20)32(30(35)29(26)34)22-10-12-23(13-11-22)37-17-18(2)3/h6-16,18,27,33H,5,17H2,1-4H3/b28-26-. The minimum atomic E-state index is -0.825. The summed E-state index contributed by atoms with van der Waals surface area (Å²) >= 11 is 6.23. The zero-order valence-electron chi connectivity index (χ0n) is 21.3. The molecule has 7 heteroatoms. The molecule has 0 bridgehead atoms. The molecular formula is C30H30ClNO5. The maximum atomic E-state index is 13.4. The average Bonchev–Trinajstić information content (AvgIpc) is 3.14.